The van der Waals surface area contributed by atoms with E-state index in [0.29, 0.717) is 12.3 Å². The monoisotopic (exact) mass is 332 g/mol. The van der Waals surface area contributed by atoms with Gasteiger partial charge in [0.2, 0.25) is 11.8 Å². The number of ether oxygens (including phenoxy) is 1. The molecule has 0 spiro atoms. The molecule has 0 heterocycles. The highest BCUT2D eigenvalue weighted by atomic mass is 19.1. The first kappa shape index (κ1) is 19.2. The van der Waals surface area contributed by atoms with Gasteiger partial charge in [-0.2, -0.15) is 0 Å². The van der Waals surface area contributed by atoms with Crippen molar-refractivity contribution >= 4 is 23.2 Å². The zero-order chi connectivity index (χ0) is 17.9. The van der Waals surface area contributed by atoms with Gasteiger partial charge in [0, 0.05) is 25.2 Å². The Morgan fingerprint density at radius 1 is 0.875 bits per heavy atom. The van der Waals surface area contributed by atoms with E-state index in [-0.39, 0.29) is 17.6 Å². The number of hydrogen-bond acceptors (Lipinski definition) is 3. The van der Waals surface area contributed by atoms with Crippen LogP contribution in [0.25, 0.3) is 0 Å². The Hall–Kier alpha value is -2.89. The number of halogens is 1. The fourth-order valence-corrected chi connectivity index (χ4v) is 1.74. The van der Waals surface area contributed by atoms with Gasteiger partial charge >= 0.3 is 0 Å². The smallest absolute Gasteiger partial charge is 0.221 e. The highest BCUT2D eigenvalue weighted by molar-refractivity contribution is 5.89. The number of carbonyl (C=O) groups excluding carboxylic acids is 2. The summed E-state index contributed by atoms with van der Waals surface area (Å²) in [5, 5.41) is 5.21. The molecule has 0 saturated heterocycles. The standard InChI is InChI=1S/C10H13NO2.C8H8FNO/c1-3-13-10-6-4-9(5-7-10)11-8(2)12;1-6(11)10-8-4-2-7(9)3-5-8/h4-7H,3H2,1-2H3,(H,11,12);2-5H,1H3,(H,10,11). The van der Waals surface area contributed by atoms with Crippen LogP contribution in [0.5, 0.6) is 5.75 Å². The van der Waals surface area contributed by atoms with E-state index in [4.69, 9.17) is 4.74 Å². The van der Waals surface area contributed by atoms with Crippen molar-refractivity contribution in [3.05, 3.63) is 54.3 Å². The Morgan fingerprint density at radius 2 is 1.29 bits per heavy atom. The first-order valence-electron chi connectivity index (χ1n) is 7.44. The van der Waals surface area contributed by atoms with Gasteiger partial charge in [-0.1, -0.05) is 0 Å². The third-order valence-corrected chi connectivity index (χ3v) is 2.65. The van der Waals surface area contributed by atoms with Crippen molar-refractivity contribution in [1.29, 1.82) is 0 Å². The van der Waals surface area contributed by atoms with Crippen molar-refractivity contribution in [3.8, 4) is 5.75 Å². The number of carbonyl (C=O) groups is 2. The molecular formula is C18H21FN2O3. The van der Waals surface area contributed by atoms with Gasteiger partial charge in [0.05, 0.1) is 6.61 Å². The Kier molecular flexibility index (Phi) is 7.98. The maximum Gasteiger partial charge on any atom is 0.221 e. The van der Waals surface area contributed by atoms with Crippen molar-refractivity contribution in [2.75, 3.05) is 17.2 Å². The summed E-state index contributed by atoms with van der Waals surface area (Å²) in [6.07, 6.45) is 0. The molecular weight excluding hydrogens is 311 g/mol. The zero-order valence-electron chi connectivity index (χ0n) is 13.9. The summed E-state index contributed by atoms with van der Waals surface area (Å²) in [5.41, 5.74) is 1.40. The minimum atomic E-state index is -0.306. The summed E-state index contributed by atoms with van der Waals surface area (Å²) < 4.78 is 17.6. The van der Waals surface area contributed by atoms with E-state index >= 15 is 0 Å². The third-order valence-electron chi connectivity index (χ3n) is 2.65. The molecule has 5 nitrogen and oxygen atoms in total. The minimum Gasteiger partial charge on any atom is -0.494 e. The van der Waals surface area contributed by atoms with Crippen LogP contribution >= 0.6 is 0 Å². The van der Waals surface area contributed by atoms with E-state index in [1.807, 2.05) is 31.2 Å². The van der Waals surface area contributed by atoms with Gasteiger partial charge in [-0.15, -0.1) is 0 Å². The van der Waals surface area contributed by atoms with Crippen molar-refractivity contribution in [2.24, 2.45) is 0 Å². The molecule has 2 amide bonds. The van der Waals surface area contributed by atoms with Gasteiger partial charge in [0.1, 0.15) is 11.6 Å². The van der Waals surface area contributed by atoms with Crippen molar-refractivity contribution in [2.45, 2.75) is 20.8 Å². The normalized spacial score (nSPS) is 9.33. The van der Waals surface area contributed by atoms with Gasteiger partial charge in [-0.05, 0) is 55.5 Å². The van der Waals surface area contributed by atoms with Crippen LogP contribution < -0.4 is 15.4 Å². The van der Waals surface area contributed by atoms with Crippen LogP contribution in [-0.4, -0.2) is 18.4 Å². The molecule has 6 heteroatoms. The fraction of sp³-hybridized carbons (Fsp3) is 0.222. The van der Waals surface area contributed by atoms with Gasteiger partial charge in [0.15, 0.2) is 0 Å². The molecule has 24 heavy (non-hydrogen) atoms. The van der Waals surface area contributed by atoms with Crippen molar-refractivity contribution in [3.63, 3.8) is 0 Å². The number of benzene rings is 2. The van der Waals surface area contributed by atoms with E-state index in [1.54, 1.807) is 0 Å². The summed E-state index contributed by atoms with van der Waals surface area (Å²) in [4.78, 5) is 21.2. The Balaban J connectivity index is 0.000000243. The molecule has 0 aromatic heterocycles. The van der Waals surface area contributed by atoms with Crippen LogP contribution in [0.1, 0.15) is 20.8 Å². The highest BCUT2D eigenvalue weighted by Crippen LogP contribution is 2.15. The molecule has 2 aromatic rings. The van der Waals surface area contributed by atoms with Crippen LogP contribution in [-0.2, 0) is 9.59 Å². The molecule has 2 rings (SSSR count). The molecule has 0 bridgehead atoms. The van der Waals surface area contributed by atoms with Crippen LogP contribution in [0.15, 0.2) is 48.5 Å². The molecule has 0 saturated carbocycles. The maximum atomic E-state index is 12.3. The quantitative estimate of drug-likeness (QED) is 0.894. The van der Waals surface area contributed by atoms with Crippen LogP contribution in [0.3, 0.4) is 0 Å². The van der Waals surface area contributed by atoms with Crippen LogP contribution in [0.4, 0.5) is 15.8 Å². The summed E-state index contributed by atoms with van der Waals surface area (Å²) in [7, 11) is 0. The number of anilines is 2. The van der Waals surface area contributed by atoms with Gasteiger partial charge in [0.25, 0.3) is 0 Å². The fourth-order valence-electron chi connectivity index (χ4n) is 1.74. The topological polar surface area (TPSA) is 67.4 Å². The second-order valence-electron chi connectivity index (χ2n) is 4.83. The number of amides is 2. The van der Waals surface area contributed by atoms with Gasteiger partial charge in [-0.25, -0.2) is 4.39 Å². The second-order valence-corrected chi connectivity index (χ2v) is 4.83. The first-order valence-corrected chi connectivity index (χ1v) is 7.44. The molecule has 0 atom stereocenters. The largest absolute Gasteiger partial charge is 0.494 e. The first-order chi connectivity index (χ1) is 11.4. The van der Waals surface area contributed by atoms with E-state index in [9.17, 15) is 14.0 Å². The minimum absolute atomic E-state index is 0.0656. The molecule has 0 unspecified atom stereocenters. The summed E-state index contributed by atoms with van der Waals surface area (Å²) in [6.45, 7) is 5.47. The molecule has 0 aliphatic heterocycles. The molecule has 128 valence electrons. The van der Waals surface area contributed by atoms with E-state index in [1.165, 1.54) is 38.1 Å². The number of hydrogen-bond donors (Lipinski definition) is 2. The molecule has 0 aliphatic rings. The molecule has 2 aromatic carbocycles. The Morgan fingerprint density at radius 3 is 1.67 bits per heavy atom. The average molecular weight is 332 g/mol. The van der Waals surface area contributed by atoms with Gasteiger partial charge < -0.3 is 15.4 Å². The zero-order valence-corrected chi connectivity index (χ0v) is 13.9. The van der Waals surface area contributed by atoms with E-state index in [2.05, 4.69) is 10.6 Å². The summed E-state index contributed by atoms with van der Waals surface area (Å²) in [6, 6.07) is 12.9. The lowest BCUT2D eigenvalue weighted by atomic mass is 10.3. The molecule has 0 radical (unpaired) electrons. The molecule has 0 fully saturated rings. The lowest BCUT2D eigenvalue weighted by Gasteiger charge is -2.04. The predicted octanol–water partition coefficient (Wildman–Crippen LogP) is 3.83. The van der Waals surface area contributed by atoms with Crippen molar-refractivity contribution < 1.29 is 18.7 Å². The summed E-state index contributed by atoms with van der Waals surface area (Å²) in [5.74, 6) is 0.288. The number of nitrogens with one attached hydrogen (secondary N) is 2. The van der Waals surface area contributed by atoms with Crippen LogP contribution in [0.2, 0.25) is 0 Å². The predicted molar refractivity (Wildman–Crippen MR) is 92.6 cm³/mol. The Labute approximate surface area is 140 Å². The molecule has 2 N–H and O–H groups in total. The number of rotatable bonds is 4. The second kappa shape index (κ2) is 9.99. The summed E-state index contributed by atoms with van der Waals surface area (Å²) >= 11 is 0. The van der Waals surface area contributed by atoms with Gasteiger partial charge in [-0.3, -0.25) is 9.59 Å². The lowest BCUT2D eigenvalue weighted by Crippen LogP contribution is -2.05. The van der Waals surface area contributed by atoms with E-state index < -0.39 is 0 Å². The van der Waals surface area contributed by atoms with Crippen molar-refractivity contribution in [1.82, 2.24) is 0 Å². The third kappa shape index (κ3) is 7.93. The van der Waals surface area contributed by atoms with E-state index in [0.717, 1.165) is 11.4 Å². The Bertz CT molecular complexity index is 655. The highest BCUT2D eigenvalue weighted by Gasteiger charge is 1.95. The lowest BCUT2D eigenvalue weighted by molar-refractivity contribution is -0.115. The average Bonchev–Trinajstić information content (AvgIpc) is 2.52. The molecule has 0 aliphatic carbocycles. The van der Waals surface area contributed by atoms with Crippen LogP contribution in [0, 0.1) is 5.82 Å². The SMILES string of the molecule is CC(=O)Nc1ccc(F)cc1.CCOc1ccc(NC(C)=O)cc1. The maximum absolute atomic E-state index is 12.3.